The van der Waals surface area contributed by atoms with Crippen LogP contribution in [0.3, 0.4) is 0 Å². The summed E-state index contributed by atoms with van der Waals surface area (Å²) in [6.07, 6.45) is 1.69. The third kappa shape index (κ3) is 3.89. The maximum atomic E-state index is 13.3. The normalized spacial score (nSPS) is 11.6. The third-order valence-corrected chi connectivity index (χ3v) is 4.79. The van der Waals surface area contributed by atoms with Crippen LogP contribution in [0.1, 0.15) is 22.1 Å². The molecule has 0 saturated heterocycles. The van der Waals surface area contributed by atoms with Gasteiger partial charge in [-0.05, 0) is 12.1 Å². The maximum absolute atomic E-state index is 13.3. The van der Waals surface area contributed by atoms with E-state index in [1.807, 2.05) is 54.6 Å². The monoisotopic (exact) mass is 398 g/mol. The number of methoxy groups -OCH3 is 1. The molecule has 2 heterocycles. The topological polar surface area (TPSA) is 82.4 Å². The van der Waals surface area contributed by atoms with Crippen molar-refractivity contribution in [3.8, 4) is 11.3 Å². The lowest BCUT2D eigenvalue weighted by Crippen LogP contribution is -2.37. The average molecular weight is 398 g/mol. The number of amides is 1. The van der Waals surface area contributed by atoms with E-state index in [1.165, 1.54) is 7.11 Å². The zero-order valence-electron chi connectivity index (χ0n) is 16.3. The van der Waals surface area contributed by atoms with Gasteiger partial charge < -0.3 is 10.1 Å². The highest BCUT2D eigenvalue weighted by Gasteiger charge is 2.29. The lowest BCUT2D eigenvalue weighted by atomic mass is 10.0. The Labute approximate surface area is 173 Å². The first-order chi connectivity index (χ1) is 14.7. The number of aromatic nitrogens is 2. The van der Waals surface area contributed by atoms with Gasteiger partial charge in [-0.25, -0.2) is 14.8 Å². The van der Waals surface area contributed by atoms with Crippen molar-refractivity contribution < 1.29 is 19.3 Å². The predicted octanol–water partition coefficient (Wildman–Crippen LogP) is 3.36. The molecule has 1 amide bonds. The number of nitrogens with one attached hydrogen (secondary N) is 2. The first kappa shape index (κ1) is 19.3. The minimum Gasteiger partial charge on any atom is -0.467 e. The highest BCUT2D eigenvalue weighted by molar-refractivity contribution is 6.08. The largest absolute Gasteiger partial charge is 0.467 e. The molecule has 4 rings (SSSR count). The van der Waals surface area contributed by atoms with Gasteiger partial charge in [-0.15, -0.1) is 0 Å². The number of rotatable bonds is 5. The second-order valence-corrected chi connectivity index (χ2v) is 6.69. The SMILES string of the molecule is COC(=O)C(NC(=O)c1cc(-c2ccccc2)nc2ccccc12)c1cccc[nH+]1. The van der Waals surface area contributed by atoms with Crippen molar-refractivity contribution in [1.82, 2.24) is 10.3 Å². The molecule has 0 saturated carbocycles. The van der Waals surface area contributed by atoms with Gasteiger partial charge in [0, 0.05) is 23.1 Å². The van der Waals surface area contributed by atoms with Crippen LogP contribution in [0.5, 0.6) is 0 Å². The minimum atomic E-state index is -0.962. The summed E-state index contributed by atoms with van der Waals surface area (Å²) >= 11 is 0. The lowest BCUT2D eigenvalue weighted by Gasteiger charge is -2.15. The smallest absolute Gasteiger partial charge is 0.339 e. The molecule has 1 unspecified atom stereocenters. The van der Waals surface area contributed by atoms with Crippen molar-refractivity contribution >= 4 is 22.8 Å². The molecule has 30 heavy (non-hydrogen) atoms. The molecule has 2 aromatic heterocycles. The molecule has 1 atom stereocenters. The van der Waals surface area contributed by atoms with E-state index in [1.54, 1.807) is 30.5 Å². The Bertz CT molecular complexity index is 1190. The van der Waals surface area contributed by atoms with Crippen LogP contribution in [0.25, 0.3) is 22.2 Å². The van der Waals surface area contributed by atoms with Gasteiger partial charge in [0.05, 0.1) is 23.9 Å². The van der Waals surface area contributed by atoms with Crippen LogP contribution in [0.4, 0.5) is 0 Å². The lowest BCUT2D eigenvalue weighted by molar-refractivity contribution is -0.392. The van der Waals surface area contributed by atoms with Crippen molar-refractivity contribution in [2.24, 2.45) is 0 Å². The van der Waals surface area contributed by atoms with Gasteiger partial charge in [0.15, 0.2) is 6.20 Å². The van der Waals surface area contributed by atoms with Gasteiger partial charge >= 0.3 is 5.97 Å². The Morgan fingerprint density at radius 1 is 0.967 bits per heavy atom. The zero-order chi connectivity index (χ0) is 20.9. The number of carbonyl (C=O) groups excluding carboxylic acids is 2. The van der Waals surface area contributed by atoms with E-state index in [0.29, 0.717) is 27.9 Å². The summed E-state index contributed by atoms with van der Waals surface area (Å²) in [5.41, 5.74) is 3.24. The summed E-state index contributed by atoms with van der Waals surface area (Å²) in [7, 11) is 1.29. The number of benzene rings is 2. The Morgan fingerprint density at radius 2 is 1.70 bits per heavy atom. The number of hydrogen-bond acceptors (Lipinski definition) is 4. The van der Waals surface area contributed by atoms with Crippen LogP contribution in [-0.4, -0.2) is 24.0 Å². The number of H-pyrrole nitrogens is 1. The highest BCUT2D eigenvalue weighted by atomic mass is 16.5. The van der Waals surface area contributed by atoms with Crippen molar-refractivity contribution in [2.75, 3.05) is 7.11 Å². The van der Waals surface area contributed by atoms with E-state index in [4.69, 9.17) is 9.72 Å². The van der Waals surface area contributed by atoms with Gasteiger partial charge in [-0.2, -0.15) is 0 Å². The summed E-state index contributed by atoms with van der Waals surface area (Å²) in [5, 5.41) is 3.50. The Hall–Kier alpha value is -4.06. The minimum absolute atomic E-state index is 0.390. The Balaban J connectivity index is 1.77. The molecule has 0 radical (unpaired) electrons. The van der Waals surface area contributed by atoms with Gasteiger partial charge in [-0.1, -0.05) is 54.6 Å². The van der Waals surface area contributed by atoms with E-state index in [0.717, 1.165) is 5.56 Å². The van der Waals surface area contributed by atoms with E-state index in [9.17, 15) is 9.59 Å². The fourth-order valence-corrected chi connectivity index (χ4v) is 3.30. The van der Waals surface area contributed by atoms with E-state index in [-0.39, 0.29) is 0 Å². The molecule has 6 heteroatoms. The Morgan fingerprint density at radius 3 is 2.43 bits per heavy atom. The molecule has 0 bridgehead atoms. The van der Waals surface area contributed by atoms with Gasteiger partial charge in [-0.3, -0.25) is 4.79 Å². The quantitative estimate of drug-likeness (QED) is 0.523. The van der Waals surface area contributed by atoms with Crippen LogP contribution >= 0.6 is 0 Å². The molecular weight excluding hydrogens is 378 g/mol. The van der Waals surface area contributed by atoms with E-state index >= 15 is 0 Å². The highest BCUT2D eigenvalue weighted by Crippen LogP contribution is 2.25. The fraction of sp³-hybridized carbons (Fsp3) is 0.0833. The summed E-state index contributed by atoms with van der Waals surface area (Å²) in [6.45, 7) is 0. The Kier molecular flexibility index (Phi) is 5.48. The first-order valence-electron chi connectivity index (χ1n) is 9.48. The number of carbonyl (C=O) groups is 2. The van der Waals surface area contributed by atoms with Crippen LogP contribution in [0.2, 0.25) is 0 Å². The number of hydrogen-bond donors (Lipinski definition) is 1. The first-order valence-corrected chi connectivity index (χ1v) is 9.48. The number of pyridine rings is 2. The van der Waals surface area contributed by atoms with Crippen LogP contribution in [0.15, 0.2) is 85.1 Å². The van der Waals surface area contributed by atoms with Gasteiger partial charge in [0.1, 0.15) is 0 Å². The number of nitrogens with zero attached hydrogens (tertiary/aromatic N) is 1. The molecule has 0 aliphatic heterocycles. The molecular formula is C24H20N3O3+. The molecule has 2 N–H and O–H groups in total. The molecule has 0 aliphatic carbocycles. The average Bonchev–Trinajstić information content (AvgIpc) is 2.82. The third-order valence-electron chi connectivity index (χ3n) is 4.79. The number of ether oxygens (including phenoxy) is 1. The van der Waals surface area contributed by atoms with E-state index < -0.39 is 17.9 Å². The summed E-state index contributed by atoms with van der Waals surface area (Å²) in [4.78, 5) is 33.3. The number of esters is 1. The number of fused-ring (bicyclic) bond motifs is 1. The zero-order valence-corrected chi connectivity index (χ0v) is 16.3. The second kappa shape index (κ2) is 8.53. The van der Waals surface area contributed by atoms with Crippen molar-refractivity contribution in [2.45, 2.75) is 6.04 Å². The molecule has 0 aliphatic rings. The molecule has 4 aromatic rings. The predicted molar refractivity (Wildman–Crippen MR) is 112 cm³/mol. The molecule has 2 aromatic carbocycles. The van der Waals surface area contributed by atoms with Crippen molar-refractivity contribution in [3.63, 3.8) is 0 Å². The van der Waals surface area contributed by atoms with E-state index in [2.05, 4.69) is 10.3 Å². The summed E-state index contributed by atoms with van der Waals surface area (Å²) in [6, 6.07) is 23.2. The van der Waals surface area contributed by atoms with Crippen LogP contribution in [-0.2, 0) is 9.53 Å². The number of para-hydroxylation sites is 1. The van der Waals surface area contributed by atoms with Gasteiger partial charge in [0.2, 0.25) is 11.7 Å². The summed E-state index contributed by atoms with van der Waals surface area (Å²) < 4.78 is 4.90. The van der Waals surface area contributed by atoms with Crippen molar-refractivity contribution in [1.29, 1.82) is 0 Å². The molecule has 0 fully saturated rings. The van der Waals surface area contributed by atoms with Gasteiger partial charge in [0.25, 0.3) is 5.91 Å². The number of aromatic amines is 1. The second-order valence-electron chi connectivity index (χ2n) is 6.69. The van der Waals surface area contributed by atoms with Crippen LogP contribution in [0, 0.1) is 0 Å². The summed E-state index contributed by atoms with van der Waals surface area (Å²) in [5.74, 6) is -0.953. The molecule has 0 spiro atoms. The molecule has 148 valence electrons. The van der Waals surface area contributed by atoms with Crippen molar-refractivity contribution in [3.05, 3.63) is 96.3 Å². The fourth-order valence-electron chi connectivity index (χ4n) is 3.30. The van der Waals surface area contributed by atoms with Crippen LogP contribution < -0.4 is 10.3 Å². The maximum Gasteiger partial charge on any atom is 0.339 e. The standard InChI is InChI=1S/C24H19N3O3/c1-30-24(29)22(20-13-7-8-14-25-20)27-23(28)18-15-21(16-9-3-2-4-10-16)26-19-12-6-5-11-17(18)19/h2-15,22H,1H3,(H,27,28)/p+1. The molecule has 6 nitrogen and oxygen atoms in total.